The van der Waals surface area contributed by atoms with Crippen molar-refractivity contribution in [1.82, 2.24) is 25.6 Å². The van der Waals surface area contributed by atoms with Crippen molar-refractivity contribution in [2.24, 2.45) is 0 Å². The monoisotopic (exact) mass is 417 g/mol. The van der Waals surface area contributed by atoms with Gasteiger partial charge in [0.1, 0.15) is 5.15 Å². The summed E-state index contributed by atoms with van der Waals surface area (Å²) in [4.78, 5) is 4.62. The predicted octanol–water partition coefficient (Wildman–Crippen LogP) is 5.82. The summed E-state index contributed by atoms with van der Waals surface area (Å²) in [7, 11) is 0. The van der Waals surface area contributed by atoms with Crippen LogP contribution in [0.1, 0.15) is 42.1 Å². The third-order valence-electron chi connectivity index (χ3n) is 5.33. The molecule has 5 nitrogen and oxygen atoms in total. The van der Waals surface area contributed by atoms with E-state index in [9.17, 15) is 0 Å². The van der Waals surface area contributed by atoms with E-state index >= 15 is 0 Å². The standard InChI is InChI=1S/C24H24ClN5/c1-3-4-9-22-21(16(2)14-23(25)26-22)15-17-10-12-18(13-11-17)19-7-5-6-8-20(19)24-27-29-30-28-24/h5-8,10-14H,3-4,9,15H2,1-2H3,(H,27,28,29,30). The van der Waals surface area contributed by atoms with E-state index < -0.39 is 0 Å². The lowest BCUT2D eigenvalue weighted by Crippen LogP contribution is -2.03. The Morgan fingerprint density at radius 3 is 2.47 bits per heavy atom. The number of hydrogen-bond acceptors (Lipinski definition) is 4. The lowest BCUT2D eigenvalue weighted by atomic mass is 9.94. The molecule has 0 aliphatic carbocycles. The normalized spacial score (nSPS) is 11.0. The topological polar surface area (TPSA) is 67.3 Å². The highest BCUT2D eigenvalue weighted by Gasteiger charge is 2.13. The molecule has 0 spiro atoms. The molecule has 0 bridgehead atoms. The quantitative estimate of drug-likeness (QED) is 0.384. The highest BCUT2D eigenvalue weighted by atomic mass is 35.5. The SMILES string of the molecule is CCCCc1nc(Cl)cc(C)c1Cc1ccc(-c2ccccc2-c2nn[nH]n2)cc1. The van der Waals surface area contributed by atoms with Gasteiger partial charge in [-0.1, -0.05) is 73.5 Å². The minimum atomic E-state index is 0.579. The Hall–Kier alpha value is -3.05. The Kier molecular flexibility index (Phi) is 6.19. The summed E-state index contributed by atoms with van der Waals surface area (Å²) in [6, 6.07) is 18.7. The summed E-state index contributed by atoms with van der Waals surface area (Å²) in [5.41, 5.74) is 8.02. The van der Waals surface area contributed by atoms with Crippen molar-refractivity contribution in [3.05, 3.63) is 82.1 Å². The molecule has 0 atom stereocenters. The maximum atomic E-state index is 6.22. The zero-order valence-electron chi connectivity index (χ0n) is 17.2. The van der Waals surface area contributed by atoms with E-state index in [0.717, 1.165) is 48.1 Å². The second-order valence-electron chi connectivity index (χ2n) is 7.45. The van der Waals surface area contributed by atoms with Crippen LogP contribution in [0.15, 0.2) is 54.6 Å². The fourth-order valence-corrected chi connectivity index (χ4v) is 3.99. The smallest absolute Gasteiger partial charge is 0.205 e. The molecule has 0 aliphatic rings. The third-order valence-corrected chi connectivity index (χ3v) is 5.52. The minimum absolute atomic E-state index is 0.579. The van der Waals surface area contributed by atoms with E-state index in [2.05, 4.69) is 69.8 Å². The Labute approximate surface area is 181 Å². The van der Waals surface area contributed by atoms with Gasteiger partial charge >= 0.3 is 0 Å². The van der Waals surface area contributed by atoms with Gasteiger partial charge < -0.3 is 0 Å². The molecule has 0 unspecified atom stereocenters. The van der Waals surface area contributed by atoms with Gasteiger partial charge in [-0.05, 0) is 65.3 Å². The van der Waals surface area contributed by atoms with Crippen LogP contribution in [0.25, 0.3) is 22.5 Å². The van der Waals surface area contributed by atoms with Gasteiger partial charge in [0.2, 0.25) is 5.82 Å². The first-order valence-electron chi connectivity index (χ1n) is 10.2. The van der Waals surface area contributed by atoms with Crippen molar-refractivity contribution in [2.75, 3.05) is 0 Å². The fourth-order valence-electron chi connectivity index (χ4n) is 3.73. The second kappa shape index (κ2) is 9.18. The summed E-state index contributed by atoms with van der Waals surface area (Å²) in [5.74, 6) is 0.595. The third kappa shape index (κ3) is 4.41. The van der Waals surface area contributed by atoms with E-state index in [0.29, 0.717) is 11.0 Å². The van der Waals surface area contributed by atoms with Crippen LogP contribution in [-0.2, 0) is 12.8 Å². The van der Waals surface area contributed by atoms with Gasteiger partial charge in [-0.25, -0.2) is 4.98 Å². The van der Waals surface area contributed by atoms with E-state index in [1.54, 1.807) is 0 Å². The first-order chi connectivity index (χ1) is 14.7. The van der Waals surface area contributed by atoms with E-state index in [-0.39, 0.29) is 0 Å². The van der Waals surface area contributed by atoms with Gasteiger partial charge in [0.15, 0.2) is 0 Å². The van der Waals surface area contributed by atoms with Gasteiger partial charge in [0.05, 0.1) is 0 Å². The average molecular weight is 418 g/mol. The molecule has 4 rings (SSSR count). The number of pyridine rings is 1. The first-order valence-corrected chi connectivity index (χ1v) is 10.6. The number of hydrogen-bond donors (Lipinski definition) is 1. The van der Waals surface area contributed by atoms with Crippen molar-refractivity contribution in [1.29, 1.82) is 0 Å². The lowest BCUT2D eigenvalue weighted by Gasteiger charge is -2.13. The van der Waals surface area contributed by atoms with Crippen LogP contribution >= 0.6 is 11.6 Å². The Morgan fingerprint density at radius 1 is 1.00 bits per heavy atom. The largest absolute Gasteiger partial charge is 0.241 e. The molecule has 30 heavy (non-hydrogen) atoms. The van der Waals surface area contributed by atoms with Crippen molar-refractivity contribution in [3.8, 4) is 22.5 Å². The van der Waals surface area contributed by atoms with Crippen molar-refractivity contribution >= 4 is 11.6 Å². The number of aryl methyl sites for hydroxylation is 2. The molecule has 2 heterocycles. The lowest BCUT2D eigenvalue weighted by molar-refractivity contribution is 0.766. The molecule has 0 aliphatic heterocycles. The Morgan fingerprint density at radius 2 is 1.77 bits per heavy atom. The Bertz CT molecular complexity index is 1120. The fraction of sp³-hybridized carbons (Fsp3) is 0.250. The van der Waals surface area contributed by atoms with Gasteiger partial charge in [0.25, 0.3) is 0 Å². The van der Waals surface area contributed by atoms with Crippen LogP contribution in [0, 0.1) is 6.92 Å². The molecule has 152 valence electrons. The number of tetrazole rings is 1. The number of aromatic nitrogens is 5. The molecular formula is C24H24ClN5. The molecule has 2 aromatic heterocycles. The molecule has 6 heteroatoms. The predicted molar refractivity (Wildman–Crippen MR) is 120 cm³/mol. The molecule has 0 radical (unpaired) electrons. The molecule has 0 saturated heterocycles. The molecular weight excluding hydrogens is 394 g/mol. The van der Waals surface area contributed by atoms with Crippen LogP contribution in [0.2, 0.25) is 5.15 Å². The molecule has 0 amide bonds. The van der Waals surface area contributed by atoms with E-state index in [1.807, 2.05) is 24.3 Å². The van der Waals surface area contributed by atoms with Gasteiger partial charge in [0, 0.05) is 11.3 Å². The summed E-state index contributed by atoms with van der Waals surface area (Å²) in [6.45, 7) is 4.32. The number of aromatic amines is 1. The summed E-state index contributed by atoms with van der Waals surface area (Å²) < 4.78 is 0. The number of nitrogens with one attached hydrogen (secondary N) is 1. The Balaban J connectivity index is 1.62. The van der Waals surface area contributed by atoms with E-state index in [1.165, 1.54) is 16.7 Å². The molecule has 1 N–H and O–H groups in total. The summed E-state index contributed by atoms with van der Waals surface area (Å²) in [6.07, 6.45) is 4.07. The number of rotatable bonds is 7. The average Bonchev–Trinajstić information content (AvgIpc) is 3.30. The highest BCUT2D eigenvalue weighted by molar-refractivity contribution is 6.29. The highest BCUT2D eigenvalue weighted by Crippen LogP contribution is 2.30. The van der Waals surface area contributed by atoms with Crippen molar-refractivity contribution in [3.63, 3.8) is 0 Å². The number of unbranched alkanes of at least 4 members (excludes halogenated alkanes) is 1. The number of benzene rings is 2. The number of halogens is 1. The molecule has 0 saturated carbocycles. The van der Waals surface area contributed by atoms with Crippen LogP contribution < -0.4 is 0 Å². The van der Waals surface area contributed by atoms with E-state index in [4.69, 9.17) is 11.6 Å². The number of H-pyrrole nitrogens is 1. The summed E-state index contributed by atoms with van der Waals surface area (Å²) >= 11 is 6.22. The number of nitrogens with zero attached hydrogens (tertiary/aromatic N) is 4. The van der Waals surface area contributed by atoms with Crippen molar-refractivity contribution in [2.45, 2.75) is 39.5 Å². The zero-order chi connectivity index (χ0) is 20.9. The zero-order valence-corrected chi connectivity index (χ0v) is 17.9. The second-order valence-corrected chi connectivity index (χ2v) is 7.83. The van der Waals surface area contributed by atoms with Crippen LogP contribution in [0.5, 0.6) is 0 Å². The van der Waals surface area contributed by atoms with Gasteiger partial charge in [-0.3, -0.25) is 0 Å². The maximum Gasteiger partial charge on any atom is 0.205 e. The van der Waals surface area contributed by atoms with Crippen LogP contribution in [-0.4, -0.2) is 25.6 Å². The first kappa shape index (κ1) is 20.2. The van der Waals surface area contributed by atoms with Crippen LogP contribution in [0.4, 0.5) is 0 Å². The maximum absolute atomic E-state index is 6.22. The van der Waals surface area contributed by atoms with Gasteiger partial charge in [-0.2, -0.15) is 5.21 Å². The molecule has 4 aromatic rings. The molecule has 0 fully saturated rings. The van der Waals surface area contributed by atoms with Crippen LogP contribution in [0.3, 0.4) is 0 Å². The summed E-state index contributed by atoms with van der Waals surface area (Å²) in [5, 5.41) is 15.1. The molecule has 2 aromatic carbocycles. The van der Waals surface area contributed by atoms with Crippen molar-refractivity contribution < 1.29 is 0 Å². The van der Waals surface area contributed by atoms with Gasteiger partial charge in [-0.15, -0.1) is 10.2 Å². The minimum Gasteiger partial charge on any atom is -0.241 e.